The number of aromatic nitrogens is 4. The molecule has 0 N–H and O–H groups in total. The minimum Gasteiger partial charge on any atom is -1.00 e. The van der Waals surface area contributed by atoms with Crippen molar-refractivity contribution in [1.29, 1.82) is 0 Å². The monoisotopic (exact) mass is 441 g/mol. The van der Waals surface area contributed by atoms with Gasteiger partial charge in [-0.2, -0.15) is 4.98 Å². The molecule has 9 heteroatoms. The van der Waals surface area contributed by atoms with Crippen molar-refractivity contribution < 1.29 is 31.1 Å². The summed E-state index contributed by atoms with van der Waals surface area (Å²) in [6.45, 7) is 3.16. The first kappa shape index (κ1) is 22.3. The fraction of sp³-hybridized carbons (Fsp3) is 0.471. The van der Waals surface area contributed by atoms with Crippen LogP contribution >= 0.6 is 11.8 Å². The first-order valence-corrected chi connectivity index (χ1v) is 9.20. The SMILES string of the molecule is CCC[n+]1ccc(OCC(=O)SCCc2ncnc(N(C)C)n2)cc1.[Br-]. The number of hydrogen-bond donors (Lipinski definition) is 0. The van der Waals surface area contributed by atoms with E-state index in [0.717, 1.165) is 13.0 Å². The Morgan fingerprint density at radius 2 is 2.00 bits per heavy atom. The molecule has 2 heterocycles. The Labute approximate surface area is 169 Å². The van der Waals surface area contributed by atoms with Gasteiger partial charge in [0, 0.05) is 44.8 Å². The van der Waals surface area contributed by atoms with Crippen LogP contribution in [0.25, 0.3) is 0 Å². The Balaban J connectivity index is 0.00000338. The molecular weight excluding hydrogens is 418 g/mol. The third-order valence-corrected chi connectivity index (χ3v) is 4.14. The van der Waals surface area contributed by atoms with Gasteiger partial charge in [-0.25, -0.2) is 14.5 Å². The first-order chi connectivity index (χ1) is 12.1. The van der Waals surface area contributed by atoms with E-state index in [-0.39, 0.29) is 28.7 Å². The Morgan fingerprint density at radius 3 is 2.65 bits per heavy atom. The van der Waals surface area contributed by atoms with Crippen molar-refractivity contribution in [2.45, 2.75) is 26.3 Å². The molecule has 0 aliphatic rings. The number of hydrogen-bond acceptors (Lipinski definition) is 7. The summed E-state index contributed by atoms with van der Waals surface area (Å²) in [7, 11) is 3.75. The van der Waals surface area contributed by atoms with Gasteiger partial charge in [0.05, 0.1) is 0 Å². The number of thioether (sulfide) groups is 1. The van der Waals surface area contributed by atoms with Crippen molar-refractivity contribution in [3.05, 3.63) is 36.7 Å². The molecule has 0 atom stereocenters. The van der Waals surface area contributed by atoms with E-state index in [1.165, 1.54) is 18.1 Å². The minimum absolute atomic E-state index is 0. The standard InChI is InChI=1S/C17H24N5O2S.BrH/c1-4-8-22-9-5-14(6-10-22)24-12-16(23)25-11-7-15-18-13-19-17(20-15)21(2)3;/h5-6,9-10,13H,4,7-8,11-12H2,1-3H3;1H/q+1;/p-1. The largest absolute Gasteiger partial charge is 1.00 e. The number of aryl methyl sites for hydroxylation is 2. The highest BCUT2D eigenvalue weighted by molar-refractivity contribution is 8.13. The maximum Gasteiger partial charge on any atom is 0.228 e. The molecule has 142 valence electrons. The van der Waals surface area contributed by atoms with E-state index in [0.29, 0.717) is 29.7 Å². The Morgan fingerprint density at radius 1 is 1.27 bits per heavy atom. The molecule has 7 nitrogen and oxygen atoms in total. The van der Waals surface area contributed by atoms with Gasteiger partial charge in [0.1, 0.15) is 24.4 Å². The van der Waals surface area contributed by atoms with Crippen LogP contribution in [0, 0.1) is 0 Å². The number of rotatable bonds is 9. The second kappa shape index (κ2) is 11.8. The Bertz CT molecular complexity index is 685. The molecule has 2 aromatic heterocycles. The van der Waals surface area contributed by atoms with Gasteiger partial charge in [-0.05, 0) is 0 Å². The number of ether oxygens (including phenoxy) is 1. The van der Waals surface area contributed by atoms with Gasteiger partial charge in [0.25, 0.3) is 0 Å². The zero-order valence-corrected chi connectivity index (χ0v) is 17.7. The average molecular weight is 442 g/mol. The third-order valence-electron chi connectivity index (χ3n) is 3.30. The van der Waals surface area contributed by atoms with Gasteiger partial charge in [-0.3, -0.25) is 4.79 Å². The number of pyridine rings is 1. The predicted octanol–water partition coefficient (Wildman–Crippen LogP) is -1.48. The molecule has 0 amide bonds. The maximum absolute atomic E-state index is 11.9. The van der Waals surface area contributed by atoms with Gasteiger partial charge in [0.15, 0.2) is 19.0 Å². The molecule has 0 aliphatic heterocycles. The van der Waals surface area contributed by atoms with E-state index in [2.05, 4.69) is 26.4 Å². The van der Waals surface area contributed by atoms with Crippen molar-refractivity contribution in [3.8, 4) is 5.75 Å². The predicted molar refractivity (Wildman–Crippen MR) is 97.7 cm³/mol. The highest BCUT2D eigenvalue weighted by Gasteiger charge is 2.08. The van der Waals surface area contributed by atoms with E-state index in [1.54, 1.807) is 0 Å². The topological polar surface area (TPSA) is 72.1 Å². The fourth-order valence-electron chi connectivity index (χ4n) is 2.04. The fourth-order valence-corrected chi connectivity index (χ4v) is 2.70. The van der Waals surface area contributed by atoms with E-state index in [4.69, 9.17) is 4.74 Å². The third kappa shape index (κ3) is 7.65. The van der Waals surface area contributed by atoms with E-state index < -0.39 is 0 Å². The van der Waals surface area contributed by atoms with Crippen molar-refractivity contribution >= 4 is 22.8 Å². The van der Waals surface area contributed by atoms with E-state index >= 15 is 0 Å². The van der Waals surface area contributed by atoms with Crippen LogP contribution in [0.4, 0.5) is 5.95 Å². The number of nitrogens with zero attached hydrogens (tertiary/aromatic N) is 5. The molecule has 0 radical (unpaired) electrons. The summed E-state index contributed by atoms with van der Waals surface area (Å²) in [5.74, 6) is 2.62. The van der Waals surface area contributed by atoms with Crippen molar-refractivity contribution in [2.24, 2.45) is 0 Å². The summed E-state index contributed by atoms with van der Waals surface area (Å²) in [6.07, 6.45) is 7.10. The lowest BCUT2D eigenvalue weighted by molar-refractivity contribution is -0.697. The molecule has 0 bridgehead atoms. The summed E-state index contributed by atoms with van der Waals surface area (Å²) >= 11 is 1.23. The van der Waals surface area contributed by atoms with Crippen LogP contribution in [0.5, 0.6) is 5.75 Å². The highest BCUT2D eigenvalue weighted by Crippen LogP contribution is 2.10. The van der Waals surface area contributed by atoms with E-state index in [1.807, 2.05) is 43.5 Å². The quantitative estimate of drug-likeness (QED) is 0.439. The second-order valence-corrected chi connectivity index (χ2v) is 6.78. The molecule has 0 saturated heterocycles. The van der Waals surface area contributed by atoms with Crippen molar-refractivity contribution in [2.75, 3.05) is 31.4 Å². The summed E-state index contributed by atoms with van der Waals surface area (Å²) in [5.41, 5.74) is 0. The molecule has 26 heavy (non-hydrogen) atoms. The molecule has 0 aliphatic carbocycles. The summed E-state index contributed by atoms with van der Waals surface area (Å²) < 4.78 is 7.61. The molecule has 0 spiro atoms. The van der Waals surface area contributed by atoms with E-state index in [9.17, 15) is 4.79 Å². The first-order valence-electron chi connectivity index (χ1n) is 8.21. The van der Waals surface area contributed by atoms with Crippen LogP contribution < -0.4 is 31.2 Å². The smallest absolute Gasteiger partial charge is 0.228 e. The van der Waals surface area contributed by atoms with Crippen LogP contribution in [-0.4, -0.2) is 46.5 Å². The summed E-state index contributed by atoms with van der Waals surface area (Å²) in [4.78, 5) is 26.3. The molecular formula is C17H24BrN5O2S. The summed E-state index contributed by atoms with van der Waals surface area (Å²) in [5, 5.41) is -0.00724. The zero-order valence-electron chi connectivity index (χ0n) is 15.3. The molecule has 2 rings (SSSR count). The zero-order chi connectivity index (χ0) is 18.1. The number of halogens is 1. The molecule has 0 fully saturated rings. The number of anilines is 1. The Hall–Kier alpha value is -1.74. The van der Waals surface area contributed by atoms with Gasteiger partial charge in [-0.1, -0.05) is 18.7 Å². The molecule has 0 unspecified atom stereocenters. The lowest BCUT2D eigenvalue weighted by Gasteiger charge is -2.09. The number of carbonyl (C=O) groups is 1. The van der Waals surface area contributed by atoms with Gasteiger partial charge in [-0.15, -0.1) is 0 Å². The lowest BCUT2D eigenvalue weighted by Crippen LogP contribution is -3.00. The van der Waals surface area contributed by atoms with Crippen molar-refractivity contribution in [1.82, 2.24) is 15.0 Å². The normalized spacial score (nSPS) is 10.1. The Kier molecular flexibility index (Phi) is 10.1. The number of carbonyl (C=O) groups excluding carboxylic acids is 1. The van der Waals surface area contributed by atoms with Crippen molar-refractivity contribution in [3.63, 3.8) is 0 Å². The maximum atomic E-state index is 11.9. The average Bonchev–Trinajstić information content (AvgIpc) is 2.61. The second-order valence-electron chi connectivity index (χ2n) is 5.63. The van der Waals surface area contributed by atoms with Gasteiger partial charge < -0.3 is 26.6 Å². The van der Waals surface area contributed by atoms with Crippen LogP contribution in [-0.2, 0) is 17.8 Å². The minimum atomic E-state index is -0.00724. The molecule has 0 saturated carbocycles. The van der Waals surface area contributed by atoms with Gasteiger partial charge in [0.2, 0.25) is 11.1 Å². The van der Waals surface area contributed by atoms with Crippen LogP contribution in [0.3, 0.4) is 0 Å². The van der Waals surface area contributed by atoms with Crippen LogP contribution in [0.2, 0.25) is 0 Å². The molecule has 0 aromatic carbocycles. The molecule has 2 aromatic rings. The van der Waals surface area contributed by atoms with Crippen LogP contribution in [0.1, 0.15) is 19.2 Å². The highest BCUT2D eigenvalue weighted by atomic mass is 79.9. The summed E-state index contributed by atoms with van der Waals surface area (Å²) in [6, 6.07) is 3.75. The van der Waals surface area contributed by atoms with Crippen LogP contribution in [0.15, 0.2) is 30.9 Å². The lowest BCUT2D eigenvalue weighted by atomic mass is 10.4. The van der Waals surface area contributed by atoms with Gasteiger partial charge >= 0.3 is 0 Å².